The van der Waals surface area contributed by atoms with Gasteiger partial charge in [0.1, 0.15) is 11.6 Å². The monoisotopic (exact) mass is 379 g/mol. The Balaban J connectivity index is 1.47. The van der Waals surface area contributed by atoms with Gasteiger partial charge < -0.3 is 9.88 Å². The lowest BCUT2D eigenvalue weighted by atomic mass is 9.95. The van der Waals surface area contributed by atoms with Crippen molar-refractivity contribution in [1.82, 2.24) is 14.9 Å². The van der Waals surface area contributed by atoms with Crippen molar-refractivity contribution >= 4 is 17.2 Å². The van der Waals surface area contributed by atoms with Gasteiger partial charge in [-0.05, 0) is 31.9 Å². The lowest BCUT2D eigenvalue weighted by Crippen LogP contribution is -2.38. The van der Waals surface area contributed by atoms with Crippen LogP contribution in [0.2, 0.25) is 0 Å². The molecule has 1 N–H and O–H groups in total. The van der Waals surface area contributed by atoms with Crippen LogP contribution in [0.25, 0.3) is 22.0 Å². The molecule has 0 saturated heterocycles. The van der Waals surface area contributed by atoms with Crippen LogP contribution < -0.4 is 5.32 Å². The van der Waals surface area contributed by atoms with Crippen molar-refractivity contribution in [2.45, 2.75) is 51.6 Å². The number of thiazole rings is 1. The molecule has 0 aliphatic heterocycles. The molecule has 1 aliphatic rings. The maximum atomic E-state index is 12.5. The standard InChI is InChI=1S/C22H25N3OS/c1-16-9-11-17(12-10-16)19-15-27-22(24-19)20-8-5-13-25(20)14-21(26)23-18-6-3-2-4-7-18/h5,8-13,15,18H,2-4,6-7,14H2,1H3,(H,23,26). The highest BCUT2D eigenvalue weighted by Crippen LogP contribution is 2.29. The zero-order valence-electron chi connectivity index (χ0n) is 15.6. The van der Waals surface area contributed by atoms with Crippen LogP contribution in [-0.4, -0.2) is 21.5 Å². The maximum absolute atomic E-state index is 12.5. The zero-order valence-corrected chi connectivity index (χ0v) is 16.5. The molecule has 5 heteroatoms. The van der Waals surface area contributed by atoms with E-state index in [2.05, 4.69) is 41.9 Å². The van der Waals surface area contributed by atoms with E-state index < -0.39 is 0 Å². The van der Waals surface area contributed by atoms with E-state index in [0.717, 1.165) is 34.8 Å². The summed E-state index contributed by atoms with van der Waals surface area (Å²) in [6, 6.07) is 12.8. The molecule has 1 amide bonds. The number of carbonyl (C=O) groups is 1. The average molecular weight is 380 g/mol. The van der Waals surface area contributed by atoms with E-state index in [1.165, 1.54) is 24.8 Å². The number of nitrogens with one attached hydrogen (secondary N) is 1. The Morgan fingerprint density at radius 2 is 1.96 bits per heavy atom. The largest absolute Gasteiger partial charge is 0.352 e. The third-order valence-electron chi connectivity index (χ3n) is 5.18. The van der Waals surface area contributed by atoms with Crippen LogP contribution in [0.4, 0.5) is 0 Å². The Morgan fingerprint density at radius 1 is 1.19 bits per heavy atom. The summed E-state index contributed by atoms with van der Waals surface area (Å²) in [6.45, 7) is 2.43. The summed E-state index contributed by atoms with van der Waals surface area (Å²) >= 11 is 1.62. The molecule has 1 aromatic carbocycles. The Labute approximate surface area is 164 Å². The zero-order chi connectivity index (χ0) is 18.6. The quantitative estimate of drug-likeness (QED) is 0.675. The van der Waals surface area contributed by atoms with Gasteiger partial charge in [0, 0.05) is 23.2 Å². The molecular weight excluding hydrogens is 354 g/mol. The van der Waals surface area contributed by atoms with Gasteiger partial charge in [0.15, 0.2) is 0 Å². The Morgan fingerprint density at radius 3 is 2.74 bits per heavy atom. The molecular formula is C22H25N3OS. The van der Waals surface area contributed by atoms with Crippen molar-refractivity contribution in [2.24, 2.45) is 0 Å². The number of aryl methyl sites for hydroxylation is 1. The van der Waals surface area contributed by atoms with Crippen molar-refractivity contribution in [3.63, 3.8) is 0 Å². The SMILES string of the molecule is Cc1ccc(-c2csc(-c3cccn3CC(=O)NC3CCCCC3)n2)cc1. The van der Waals surface area contributed by atoms with E-state index in [0.29, 0.717) is 12.6 Å². The highest BCUT2D eigenvalue weighted by molar-refractivity contribution is 7.13. The van der Waals surface area contributed by atoms with Gasteiger partial charge in [0.05, 0.1) is 11.4 Å². The first-order valence-corrected chi connectivity index (χ1v) is 10.5. The Bertz CT molecular complexity index is 904. The third-order valence-corrected chi connectivity index (χ3v) is 6.05. The van der Waals surface area contributed by atoms with Gasteiger partial charge in [-0.3, -0.25) is 4.79 Å². The van der Waals surface area contributed by atoms with Gasteiger partial charge in [-0.2, -0.15) is 0 Å². The van der Waals surface area contributed by atoms with Gasteiger partial charge in [0.25, 0.3) is 0 Å². The van der Waals surface area contributed by atoms with E-state index >= 15 is 0 Å². The van der Waals surface area contributed by atoms with Gasteiger partial charge >= 0.3 is 0 Å². The predicted molar refractivity (Wildman–Crippen MR) is 111 cm³/mol. The first kappa shape index (κ1) is 18.0. The number of hydrogen-bond donors (Lipinski definition) is 1. The first-order chi connectivity index (χ1) is 13.2. The Kier molecular flexibility index (Phi) is 5.39. The van der Waals surface area contributed by atoms with E-state index in [1.807, 2.05) is 22.9 Å². The fraction of sp³-hybridized carbons (Fsp3) is 0.364. The third kappa shape index (κ3) is 4.30. The molecule has 27 heavy (non-hydrogen) atoms. The van der Waals surface area contributed by atoms with Gasteiger partial charge in [-0.1, -0.05) is 49.1 Å². The molecule has 0 radical (unpaired) electrons. The molecule has 140 valence electrons. The molecule has 0 unspecified atom stereocenters. The first-order valence-electron chi connectivity index (χ1n) is 9.66. The minimum atomic E-state index is 0.0923. The average Bonchev–Trinajstić information content (AvgIpc) is 3.32. The fourth-order valence-corrected chi connectivity index (χ4v) is 4.54. The summed E-state index contributed by atoms with van der Waals surface area (Å²) in [6.07, 6.45) is 7.92. The summed E-state index contributed by atoms with van der Waals surface area (Å²) in [5.74, 6) is 0.0923. The lowest BCUT2D eigenvalue weighted by molar-refractivity contribution is -0.122. The molecule has 1 aliphatic carbocycles. The van der Waals surface area contributed by atoms with E-state index in [-0.39, 0.29) is 5.91 Å². The smallest absolute Gasteiger partial charge is 0.240 e. The summed E-state index contributed by atoms with van der Waals surface area (Å²) < 4.78 is 2.00. The Hall–Kier alpha value is -2.40. The van der Waals surface area contributed by atoms with Crippen LogP contribution >= 0.6 is 11.3 Å². The minimum Gasteiger partial charge on any atom is -0.352 e. The highest BCUT2D eigenvalue weighted by atomic mass is 32.1. The molecule has 1 fully saturated rings. The molecule has 0 spiro atoms. The van der Waals surface area contributed by atoms with E-state index in [1.54, 1.807) is 11.3 Å². The minimum absolute atomic E-state index is 0.0923. The second-order valence-corrected chi connectivity index (χ2v) is 8.19. The molecule has 4 nitrogen and oxygen atoms in total. The van der Waals surface area contributed by atoms with Crippen molar-refractivity contribution in [3.05, 3.63) is 53.5 Å². The number of rotatable bonds is 5. The van der Waals surface area contributed by atoms with E-state index in [4.69, 9.17) is 4.98 Å². The number of amides is 1. The molecule has 4 rings (SSSR count). The number of nitrogens with zero attached hydrogens (tertiary/aromatic N) is 2. The summed E-state index contributed by atoms with van der Waals surface area (Å²) in [5.41, 5.74) is 4.34. The van der Waals surface area contributed by atoms with Gasteiger partial charge in [-0.15, -0.1) is 11.3 Å². The van der Waals surface area contributed by atoms with Crippen molar-refractivity contribution < 1.29 is 4.79 Å². The summed E-state index contributed by atoms with van der Waals surface area (Å²) in [5, 5.41) is 6.22. The highest BCUT2D eigenvalue weighted by Gasteiger charge is 2.17. The molecule has 1 saturated carbocycles. The summed E-state index contributed by atoms with van der Waals surface area (Å²) in [7, 11) is 0. The molecule has 3 aromatic rings. The second-order valence-electron chi connectivity index (χ2n) is 7.33. The molecule has 0 bridgehead atoms. The number of hydrogen-bond acceptors (Lipinski definition) is 3. The maximum Gasteiger partial charge on any atom is 0.240 e. The van der Waals surface area contributed by atoms with Gasteiger partial charge in [-0.25, -0.2) is 4.98 Å². The second kappa shape index (κ2) is 8.09. The number of carbonyl (C=O) groups excluding carboxylic acids is 1. The van der Waals surface area contributed by atoms with Crippen molar-refractivity contribution in [2.75, 3.05) is 0 Å². The normalized spacial score (nSPS) is 15.0. The van der Waals surface area contributed by atoms with Crippen LogP contribution in [0.1, 0.15) is 37.7 Å². The van der Waals surface area contributed by atoms with Gasteiger partial charge in [0.2, 0.25) is 5.91 Å². The predicted octanol–water partition coefficient (Wildman–Crippen LogP) is 5.04. The van der Waals surface area contributed by atoms with Crippen molar-refractivity contribution in [1.29, 1.82) is 0 Å². The molecule has 0 atom stereocenters. The number of aromatic nitrogens is 2. The fourth-order valence-electron chi connectivity index (χ4n) is 3.67. The van der Waals surface area contributed by atoms with E-state index in [9.17, 15) is 4.79 Å². The topological polar surface area (TPSA) is 46.9 Å². The van der Waals surface area contributed by atoms with Crippen LogP contribution in [0, 0.1) is 6.92 Å². The van der Waals surface area contributed by atoms with Crippen molar-refractivity contribution in [3.8, 4) is 22.0 Å². The van der Waals surface area contributed by atoms with Crippen LogP contribution in [0.15, 0.2) is 48.0 Å². The van der Waals surface area contributed by atoms with Crippen LogP contribution in [-0.2, 0) is 11.3 Å². The van der Waals surface area contributed by atoms with Crippen LogP contribution in [0.5, 0.6) is 0 Å². The van der Waals surface area contributed by atoms with Crippen LogP contribution in [0.3, 0.4) is 0 Å². The lowest BCUT2D eigenvalue weighted by Gasteiger charge is -2.23. The number of benzene rings is 1. The molecule has 2 aromatic heterocycles. The summed E-state index contributed by atoms with van der Waals surface area (Å²) in [4.78, 5) is 17.3. The molecule has 2 heterocycles.